The molecule has 0 saturated heterocycles. The Hall–Kier alpha value is -3.63. The summed E-state index contributed by atoms with van der Waals surface area (Å²) in [4.78, 5) is 26.7. The number of carbonyl (C=O) groups is 2. The molecule has 1 N–H and O–H groups in total. The van der Waals surface area contributed by atoms with E-state index in [1.54, 1.807) is 24.3 Å². The molecule has 29 heavy (non-hydrogen) atoms. The fraction of sp³-hybridized carbons (Fsp3) is 0.222. The zero-order valence-electron chi connectivity index (χ0n) is 15.0. The van der Waals surface area contributed by atoms with Crippen LogP contribution in [0.4, 0.5) is 18.9 Å². The van der Waals surface area contributed by atoms with Crippen LogP contribution >= 0.6 is 0 Å². The zero-order chi connectivity index (χ0) is 20.8. The molecule has 3 aromatic rings. The number of nitrogens with one attached hydrogen (secondary N) is 1. The number of hydrogen-bond donors (Lipinski definition) is 1. The average Bonchev–Trinajstić information content (AvgIpc) is 3.08. The predicted molar refractivity (Wildman–Crippen MR) is 94.6 cm³/mol. The molecule has 0 spiro atoms. The monoisotopic (exact) mass is 405 g/mol. The van der Waals surface area contributed by atoms with Crippen LogP contribution < -0.4 is 15.0 Å². The van der Waals surface area contributed by atoms with E-state index in [0.717, 1.165) is 22.8 Å². The van der Waals surface area contributed by atoms with E-state index in [0.29, 0.717) is 11.4 Å². The van der Waals surface area contributed by atoms with Gasteiger partial charge in [-0.3, -0.25) is 9.59 Å². The minimum Gasteiger partial charge on any atom is -0.489 e. The minimum absolute atomic E-state index is 0.129. The molecule has 0 saturated carbocycles. The van der Waals surface area contributed by atoms with Gasteiger partial charge in [0.05, 0.1) is 11.3 Å². The van der Waals surface area contributed by atoms with Gasteiger partial charge in [0.2, 0.25) is 0 Å². The highest BCUT2D eigenvalue weighted by atomic mass is 19.4. The molecule has 2 amide bonds. The van der Waals surface area contributed by atoms with E-state index >= 15 is 0 Å². The maximum atomic E-state index is 13.0. The van der Waals surface area contributed by atoms with Gasteiger partial charge in [0.15, 0.2) is 5.69 Å². The molecule has 1 unspecified atom stereocenters. The fourth-order valence-electron chi connectivity index (χ4n) is 3.01. The van der Waals surface area contributed by atoms with Crippen LogP contribution in [-0.2, 0) is 11.0 Å². The summed E-state index contributed by atoms with van der Waals surface area (Å²) in [6.45, 7) is -0.140. The standard InChI is InChI=1S/C18H14F3N5O3/c1-25-12-4-2-3-5-14(12)29-9-11(17(25)28)22-16(27)15-13-8-10(18(19,20)21)6-7-26(13)24-23-15/h2-8,11H,9H2,1H3,(H,22,27). The van der Waals surface area contributed by atoms with Gasteiger partial charge in [0.25, 0.3) is 11.8 Å². The molecule has 4 rings (SSSR count). The number of para-hydroxylation sites is 2. The molecule has 1 aliphatic heterocycles. The Balaban J connectivity index is 1.61. The van der Waals surface area contributed by atoms with Crippen molar-refractivity contribution in [1.29, 1.82) is 0 Å². The molecule has 11 heteroatoms. The molecular weight excluding hydrogens is 391 g/mol. The van der Waals surface area contributed by atoms with Crippen LogP contribution in [0.2, 0.25) is 0 Å². The summed E-state index contributed by atoms with van der Waals surface area (Å²) in [6, 6.07) is 7.43. The lowest BCUT2D eigenvalue weighted by atomic mass is 10.2. The molecule has 150 valence electrons. The van der Waals surface area contributed by atoms with E-state index in [2.05, 4.69) is 15.6 Å². The second-order valence-electron chi connectivity index (χ2n) is 6.38. The van der Waals surface area contributed by atoms with Crippen LogP contribution in [0.1, 0.15) is 16.1 Å². The zero-order valence-corrected chi connectivity index (χ0v) is 15.0. The fourth-order valence-corrected chi connectivity index (χ4v) is 3.01. The van der Waals surface area contributed by atoms with Crippen molar-refractivity contribution in [3.05, 3.63) is 53.9 Å². The number of carbonyl (C=O) groups excluding carboxylic acids is 2. The van der Waals surface area contributed by atoms with E-state index in [-0.39, 0.29) is 17.8 Å². The molecule has 3 heterocycles. The third kappa shape index (κ3) is 3.35. The number of halogens is 3. The summed E-state index contributed by atoms with van der Waals surface area (Å²) in [6.07, 6.45) is -3.52. The minimum atomic E-state index is -4.58. The number of hydrogen-bond acceptors (Lipinski definition) is 5. The summed E-state index contributed by atoms with van der Waals surface area (Å²) in [5, 5.41) is 9.79. The molecule has 0 aliphatic carbocycles. The van der Waals surface area contributed by atoms with Crippen molar-refractivity contribution in [2.45, 2.75) is 12.2 Å². The Labute approximate surface area is 161 Å². The van der Waals surface area contributed by atoms with Crippen molar-refractivity contribution in [2.75, 3.05) is 18.6 Å². The number of benzene rings is 1. The lowest BCUT2D eigenvalue weighted by Crippen LogP contribution is -2.49. The Morgan fingerprint density at radius 3 is 2.79 bits per heavy atom. The van der Waals surface area contributed by atoms with Gasteiger partial charge >= 0.3 is 6.18 Å². The Morgan fingerprint density at radius 1 is 1.28 bits per heavy atom. The van der Waals surface area contributed by atoms with Gasteiger partial charge in [-0.2, -0.15) is 13.2 Å². The first-order valence-corrected chi connectivity index (χ1v) is 8.48. The lowest BCUT2D eigenvalue weighted by Gasteiger charge is -2.20. The number of ether oxygens (including phenoxy) is 1. The van der Waals surface area contributed by atoms with Crippen LogP contribution in [-0.4, -0.2) is 46.3 Å². The molecular formula is C18H14F3N5O3. The van der Waals surface area contributed by atoms with E-state index in [1.165, 1.54) is 11.9 Å². The van der Waals surface area contributed by atoms with Crippen molar-refractivity contribution in [3.8, 4) is 5.75 Å². The Bertz CT molecular complexity index is 1110. The molecule has 8 nitrogen and oxygen atoms in total. The smallest absolute Gasteiger partial charge is 0.416 e. The predicted octanol–water partition coefficient (Wildman–Crippen LogP) is 1.90. The summed E-state index contributed by atoms with van der Waals surface area (Å²) >= 11 is 0. The number of pyridine rings is 1. The first-order valence-electron chi connectivity index (χ1n) is 8.48. The van der Waals surface area contributed by atoms with E-state index in [9.17, 15) is 22.8 Å². The van der Waals surface area contributed by atoms with Crippen molar-refractivity contribution < 1.29 is 27.5 Å². The summed E-state index contributed by atoms with van der Waals surface area (Å²) < 4.78 is 45.6. The molecule has 1 atom stereocenters. The van der Waals surface area contributed by atoms with Crippen molar-refractivity contribution in [1.82, 2.24) is 20.1 Å². The SMILES string of the molecule is CN1C(=O)C(NC(=O)c2nnn3ccc(C(F)(F)F)cc23)COc2ccccc21. The van der Waals surface area contributed by atoms with Gasteiger partial charge in [0, 0.05) is 13.2 Å². The van der Waals surface area contributed by atoms with Crippen molar-refractivity contribution in [3.63, 3.8) is 0 Å². The maximum Gasteiger partial charge on any atom is 0.416 e. The van der Waals surface area contributed by atoms with Crippen molar-refractivity contribution in [2.24, 2.45) is 0 Å². The normalized spacial score (nSPS) is 16.9. The highest BCUT2D eigenvalue weighted by molar-refractivity contribution is 6.04. The first kappa shape index (κ1) is 18.7. The largest absolute Gasteiger partial charge is 0.489 e. The van der Waals surface area contributed by atoms with E-state index in [1.807, 2.05) is 0 Å². The van der Waals surface area contributed by atoms with Crippen LogP contribution in [0.25, 0.3) is 5.52 Å². The molecule has 2 aromatic heterocycles. The summed E-state index contributed by atoms with van der Waals surface area (Å²) in [7, 11) is 1.54. The molecule has 1 aliphatic rings. The number of nitrogens with zero attached hydrogens (tertiary/aromatic N) is 4. The van der Waals surface area contributed by atoms with Crippen LogP contribution in [0.15, 0.2) is 42.6 Å². The second-order valence-corrected chi connectivity index (χ2v) is 6.38. The lowest BCUT2D eigenvalue weighted by molar-refractivity contribution is -0.137. The number of likely N-dealkylation sites (N-methyl/N-ethyl adjacent to an activating group) is 1. The number of anilines is 1. The number of aromatic nitrogens is 3. The van der Waals surface area contributed by atoms with E-state index in [4.69, 9.17) is 4.74 Å². The van der Waals surface area contributed by atoms with Crippen LogP contribution in [0, 0.1) is 0 Å². The quantitative estimate of drug-likeness (QED) is 0.704. The maximum absolute atomic E-state index is 13.0. The number of fused-ring (bicyclic) bond motifs is 2. The number of rotatable bonds is 2. The first-order chi connectivity index (χ1) is 13.8. The van der Waals surface area contributed by atoms with Gasteiger partial charge < -0.3 is 15.0 Å². The molecule has 0 bridgehead atoms. The van der Waals surface area contributed by atoms with Gasteiger partial charge in [-0.25, -0.2) is 4.52 Å². The summed E-state index contributed by atoms with van der Waals surface area (Å²) in [5.74, 6) is -0.791. The molecule has 0 fully saturated rings. The number of alkyl halides is 3. The van der Waals surface area contributed by atoms with Gasteiger partial charge in [-0.05, 0) is 24.3 Å². The topological polar surface area (TPSA) is 88.8 Å². The summed E-state index contributed by atoms with van der Waals surface area (Å²) in [5.41, 5.74) is -0.854. The molecule has 1 aromatic carbocycles. The van der Waals surface area contributed by atoms with E-state index < -0.39 is 29.6 Å². The van der Waals surface area contributed by atoms with Gasteiger partial charge in [-0.1, -0.05) is 17.3 Å². The Morgan fingerprint density at radius 2 is 2.03 bits per heavy atom. The number of amides is 2. The Kier molecular flexibility index (Phi) is 4.36. The third-order valence-electron chi connectivity index (χ3n) is 4.53. The van der Waals surface area contributed by atoms with Crippen molar-refractivity contribution >= 4 is 23.0 Å². The van der Waals surface area contributed by atoms with Gasteiger partial charge in [-0.15, -0.1) is 5.10 Å². The highest BCUT2D eigenvalue weighted by Crippen LogP contribution is 2.31. The van der Waals surface area contributed by atoms with Gasteiger partial charge in [0.1, 0.15) is 23.9 Å². The average molecular weight is 405 g/mol. The molecule has 0 radical (unpaired) electrons. The van der Waals surface area contributed by atoms with Crippen LogP contribution in [0.5, 0.6) is 5.75 Å². The third-order valence-corrected chi connectivity index (χ3v) is 4.53. The van der Waals surface area contributed by atoms with Crippen LogP contribution in [0.3, 0.4) is 0 Å². The second kappa shape index (κ2) is 6.76. The highest BCUT2D eigenvalue weighted by Gasteiger charge is 2.33.